The molecule has 0 fully saturated rings. The second-order valence-electron chi connectivity index (χ2n) is 12.1. The molecule has 0 rings (SSSR count). The van der Waals surface area contributed by atoms with Gasteiger partial charge in [0.2, 0.25) is 0 Å². The summed E-state index contributed by atoms with van der Waals surface area (Å²) in [5.74, 6) is 2.13. The Bertz CT molecular complexity index is 453. The predicted molar refractivity (Wildman–Crippen MR) is 178 cm³/mol. The summed E-state index contributed by atoms with van der Waals surface area (Å²) in [7, 11) is 0. The molecule has 2 nitrogen and oxygen atoms in total. The van der Waals surface area contributed by atoms with Crippen molar-refractivity contribution in [2.45, 2.75) is 206 Å². The van der Waals surface area contributed by atoms with Crippen molar-refractivity contribution in [3.8, 4) is 0 Å². The highest BCUT2D eigenvalue weighted by Gasteiger charge is 2.03. The summed E-state index contributed by atoms with van der Waals surface area (Å²) in [6.07, 6.45) is 40.9. The molecule has 0 aromatic heterocycles. The van der Waals surface area contributed by atoms with Crippen LogP contribution in [-0.2, 0) is 9.53 Å². The van der Waals surface area contributed by atoms with Crippen LogP contribution in [0.25, 0.3) is 0 Å². The molecule has 0 amide bonds. The maximum atomic E-state index is 11.9. The lowest BCUT2D eigenvalue weighted by molar-refractivity contribution is -0.143. The van der Waals surface area contributed by atoms with Gasteiger partial charge in [0, 0.05) is 5.75 Å². The van der Waals surface area contributed by atoms with E-state index >= 15 is 0 Å². The van der Waals surface area contributed by atoms with Gasteiger partial charge in [0.1, 0.15) is 0 Å². The van der Waals surface area contributed by atoms with Gasteiger partial charge in [0.25, 0.3) is 0 Å². The van der Waals surface area contributed by atoms with E-state index in [0.717, 1.165) is 12.2 Å². The van der Waals surface area contributed by atoms with Crippen LogP contribution >= 0.6 is 11.8 Å². The van der Waals surface area contributed by atoms with Crippen LogP contribution in [0.4, 0.5) is 0 Å². The molecular formula is C36H72O2S. The average molecular weight is 569 g/mol. The minimum absolute atomic E-state index is 0.00817. The monoisotopic (exact) mass is 569 g/mol. The first-order valence-corrected chi connectivity index (χ1v) is 19.2. The maximum absolute atomic E-state index is 11.9. The molecule has 0 saturated heterocycles. The lowest BCUT2D eigenvalue weighted by atomic mass is 10.0. The van der Waals surface area contributed by atoms with Crippen LogP contribution in [-0.4, -0.2) is 24.1 Å². The number of carbonyl (C=O) groups excluding carboxylic acids is 1. The summed E-state index contributed by atoms with van der Waals surface area (Å²) in [6.45, 7) is 5.21. The summed E-state index contributed by atoms with van der Waals surface area (Å²) in [4.78, 5) is 11.9. The number of thioether (sulfide) groups is 1. The number of ether oxygens (including phenoxy) is 1. The standard InChI is InChI=1S/C36H72O2S/c1-3-5-7-9-11-13-15-17-18-19-20-22-24-26-28-30-33-38-36(37)32-35-39-34-31-29-27-25-23-21-16-14-12-10-8-6-4-2/h3-35H2,1-2H3. The van der Waals surface area contributed by atoms with Crippen LogP contribution in [0, 0.1) is 0 Å². The first-order valence-electron chi connectivity index (χ1n) is 18.0. The van der Waals surface area contributed by atoms with Gasteiger partial charge in [-0.25, -0.2) is 0 Å². The van der Waals surface area contributed by atoms with Crippen molar-refractivity contribution in [1.29, 1.82) is 0 Å². The molecule has 3 heteroatoms. The van der Waals surface area contributed by atoms with Crippen LogP contribution < -0.4 is 0 Å². The molecule has 0 unspecified atom stereocenters. The largest absolute Gasteiger partial charge is 0.466 e. The quantitative estimate of drug-likeness (QED) is 0.0570. The molecule has 39 heavy (non-hydrogen) atoms. The molecule has 0 N–H and O–H groups in total. The fourth-order valence-corrected chi connectivity index (χ4v) is 6.31. The highest BCUT2D eigenvalue weighted by atomic mass is 32.2. The second kappa shape index (κ2) is 35.8. The van der Waals surface area contributed by atoms with E-state index in [2.05, 4.69) is 13.8 Å². The minimum Gasteiger partial charge on any atom is -0.466 e. The molecule has 0 heterocycles. The Kier molecular flexibility index (Phi) is 35.7. The Morgan fingerprint density at radius 2 is 0.718 bits per heavy atom. The van der Waals surface area contributed by atoms with Gasteiger partial charge in [-0.1, -0.05) is 187 Å². The van der Waals surface area contributed by atoms with Crippen molar-refractivity contribution in [2.24, 2.45) is 0 Å². The third kappa shape index (κ3) is 35.8. The Labute approximate surface area is 251 Å². The predicted octanol–water partition coefficient (Wildman–Crippen LogP) is 13.0. The van der Waals surface area contributed by atoms with Gasteiger partial charge in [-0.3, -0.25) is 4.79 Å². The third-order valence-corrected chi connectivity index (χ3v) is 9.17. The van der Waals surface area contributed by atoms with Crippen molar-refractivity contribution in [3.05, 3.63) is 0 Å². The van der Waals surface area contributed by atoms with Crippen molar-refractivity contribution < 1.29 is 9.53 Å². The highest BCUT2D eigenvalue weighted by molar-refractivity contribution is 7.99. The summed E-state index contributed by atoms with van der Waals surface area (Å²) < 4.78 is 5.43. The van der Waals surface area contributed by atoms with E-state index in [1.165, 1.54) is 186 Å². The Morgan fingerprint density at radius 3 is 1.08 bits per heavy atom. The Balaban J connectivity index is 3.14. The van der Waals surface area contributed by atoms with E-state index in [-0.39, 0.29) is 5.97 Å². The summed E-state index contributed by atoms with van der Waals surface area (Å²) >= 11 is 1.93. The van der Waals surface area contributed by atoms with E-state index in [1.807, 2.05) is 11.8 Å². The number of esters is 1. The molecule has 0 aliphatic carbocycles. The highest BCUT2D eigenvalue weighted by Crippen LogP contribution is 2.15. The minimum atomic E-state index is 0.00817. The van der Waals surface area contributed by atoms with Crippen molar-refractivity contribution in [1.82, 2.24) is 0 Å². The fourth-order valence-electron chi connectivity index (χ4n) is 5.39. The summed E-state index contributed by atoms with van der Waals surface area (Å²) in [6, 6.07) is 0. The van der Waals surface area contributed by atoms with Gasteiger partial charge in [-0.15, -0.1) is 0 Å². The molecule has 0 aliphatic rings. The van der Waals surface area contributed by atoms with Crippen LogP contribution in [0.15, 0.2) is 0 Å². The third-order valence-electron chi connectivity index (χ3n) is 8.10. The van der Waals surface area contributed by atoms with Crippen LogP contribution in [0.3, 0.4) is 0 Å². The number of rotatable bonds is 34. The number of hydrogen-bond donors (Lipinski definition) is 0. The van der Waals surface area contributed by atoms with Gasteiger partial charge >= 0.3 is 5.97 Å². The number of hydrogen-bond acceptors (Lipinski definition) is 3. The fraction of sp³-hybridized carbons (Fsp3) is 0.972. The maximum Gasteiger partial charge on any atom is 0.306 e. The van der Waals surface area contributed by atoms with E-state index in [9.17, 15) is 4.79 Å². The summed E-state index contributed by atoms with van der Waals surface area (Å²) in [5, 5.41) is 0. The zero-order valence-corrected chi connectivity index (χ0v) is 27.9. The molecular weight excluding hydrogens is 496 g/mol. The van der Waals surface area contributed by atoms with E-state index in [1.54, 1.807) is 0 Å². The molecule has 0 aliphatic heterocycles. The molecule has 0 saturated carbocycles. The van der Waals surface area contributed by atoms with Crippen LogP contribution in [0.1, 0.15) is 206 Å². The number of carbonyl (C=O) groups is 1. The average Bonchev–Trinajstić information content (AvgIpc) is 2.94. The van der Waals surface area contributed by atoms with Crippen molar-refractivity contribution >= 4 is 17.7 Å². The van der Waals surface area contributed by atoms with Crippen molar-refractivity contribution in [3.63, 3.8) is 0 Å². The first kappa shape index (κ1) is 38.8. The van der Waals surface area contributed by atoms with Gasteiger partial charge in [0.05, 0.1) is 13.0 Å². The zero-order valence-electron chi connectivity index (χ0n) is 27.1. The smallest absolute Gasteiger partial charge is 0.306 e. The topological polar surface area (TPSA) is 26.3 Å². The molecule has 234 valence electrons. The molecule has 0 radical (unpaired) electrons. The van der Waals surface area contributed by atoms with Crippen molar-refractivity contribution in [2.75, 3.05) is 18.1 Å². The van der Waals surface area contributed by atoms with Gasteiger partial charge in [-0.2, -0.15) is 11.8 Å². The molecule has 0 aromatic carbocycles. The zero-order chi connectivity index (χ0) is 28.3. The Morgan fingerprint density at radius 1 is 0.410 bits per heavy atom. The second-order valence-corrected chi connectivity index (χ2v) is 13.4. The molecule has 0 atom stereocenters. The van der Waals surface area contributed by atoms with Gasteiger partial charge in [0.15, 0.2) is 0 Å². The number of unbranched alkanes of at least 4 members (excludes halogenated alkanes) is 27. The van der Waals surface area contributed by atoms with Crippen LogP contribution in [0.2, 0.25) is 0 Å². The van der Waals surface area contributed by atoms with E-state index < -0.39 is 0 Å². The first-order chi connectivity index (χ1) is 19.3. The summed E-state index contributed by atoms with van der Waals surface area (Å²) in [5.41, 5.74) is 0. The normalized spacial score (nSPS) is 11.3. The Hall–Kier alpha value is -0.180. The lowest BCUT2D eigenvalue weighted by Crippen LogP contribution is -2.07. The van der Waals surface area contributed by atoms with Gasteiger partial charge in [-0.05, 0) is 18.6 Å². The van der Waals surface area contributed by atoms with E-state index in [0.29, 0.717) is 13.0 Å². The van der Waals surface area contributed by atoms with Gasteiger partial charge < -0.3 is 4.74 Å². The van der Waals surface area contributed by atoms with E-state index in [4.69, 9.17) is 4.74 Å². The van der Waals surface area contributed by atoms with Crippen LogP contribution in [0.5, 0.6) is 0 Å². The lowest BCUT2D eigenvalue weighted by Gasteiger charge is -2.06. The SMILES string of the molecule is CCCCCCCCCCCCCCCCCCOC(=O)CCSCCCCCCCCCCCCCCC. The molecule has 0 aromatic rings. The molecule has 0 bridgehead atoms. The molecule has 0 spiro atoms.